The minimum atomic E-state index is -4.00. The quantitative estimate of drug-likeness (QED) is 0.131. The molecule has 0 radical (unpaired) electrons. The number of halogens is 5. The summed E-state index contributed by atoms with van der Waals surface area (Å²) in [4.78, 5) is 20.7. The fourth-order valence-electron chi connectivity index (χ4n) is 4.11. The molecule has 46 heavy (non-hydrogen) atoms. The number of hydrogen-bond acceptors (Lipinski definition) is 5. The molecule has 5 N–H and O–H groups in total. The van der Waals surface area contributed by atoms with Crippen molar-refractivity contribution in [2.45, 2.75) is 72.4 Å². The van der Waals surface area contributed by atoms with Gasteiger partial charge in [-0.2, -0.15) is 13.2 Å². The van der Waals surface area contributed by atoms with Gasteiger partial charge in [-0.25, -0.2) is 18.8 Å². The van der Waals surface area contributed by atoms with E-state index in [1.54, 1.807) is 38.1 Å². The van der Waals surface area contributed by atoms with Gasteiger partial charge < -0.3 is 21.5 Å². The molecule has 0 bridgehead atoms. The second kappa shape index (κ2) is 17.3. The number of fused-ring (bicyclic) bond motifs is 1. The molecule has 1 atom stereocenters. The van der Waals surface area contributed by atoms with Crippen molar-refractivity contribution in [3.63, 3.8) is 0 Å². The van der Waals surface area contributed by atoms with Crippen LogP contribution in [0.5, 0.6) is 5.75 Å². The van der Waals surface area contributed by atoms with Crippen LogP contribution in [0.2, 0.25) is 0 Å². The molecule has 1 amide bonds. The van der Waals surface area contributed by atoms with Crippen LogP contribution in [0.1, 0.15) is 75.3 Å². The highest BCUT2D eigenvalue weighted by molar-refractivity contribution is 5.86. The van der Waals surface area contributed by atoms with Crippen molar-refractivity contribution in [2.75, 3.05) is 13.2 Å². The van der Waals surface area contributed by atoms with Crippen molar-refractivity contribution in [2.24, 2.45) is 16.5 Å². The predicted molar refractivity (Wildman–Crippen MR) is 173 cm³/mol. The van der Waals surface area contributed by atoms with Crippen LogP contribution >= 0.6 is 0 Å². The minimum Gasteiger partial charge on any atom is -0.490 e. The smallest absolute Gasteiger partial charge is 0.386 e. The zero-order valence-corrected chi connectivity index (χ0v) is 26.8. The number of amides is 1. The number of alkyl halides is 3. The van der Waals surface area contributed by atoms with E-state index in [0.29, 0.717) is 58.1 Å². The lowest BCUT2D eigenvalue weighted by atomic mass is 9.97. The van der Waals surface area contributed by atoms with Crippen molar-refractivity contribution >= 4 is 23.1 Å². The van der Waals surface area contributed by atoms with Crippen LogP contribution in [0.15, 0.2) is 54.0 Å². The van der Waals surface area contributed by atoms with E-state index in [1.165, 1.54) is 37.5 Å². The van der Waals surface area contributed by atoms with Crippen LogP contribution in [-0.2, 0) is 11.2 Å². The third-order valence-electron chi connectivity index (χ3n) is 6.25. The van der Waals surface area contributed by atoms with Crippen molar-refractivity contribution in [3.8, 4) is 17.0 Å². The Morgan fingerprint density at radius 1 is 1.09 bits per heavy atom. The largest absolute Gasteiger partial charge is 0.490 e. The lowest BCUT2D eigenvalue weighted by Crippen LogP contribution is -2.22. The van der Waals surface area contributed by atoms with E-state index in [-0.39, 0.29) is 30.9 Å². The number of ether oxygens (including phenoxy) is 1. The first-order chi connectivity index (χ1) is 21.6. The Labute approximate surface area is 267 Å². The Hall–Kier alpha value is -4.48. The number of aryl methyl sites for hydroxylation is 1. The number of nitrogens with one attached hydrogen (secondary N) is 1. The molecule has 0 spiro atoms. The summed E-state index contributed by atoms with van der Waals surface area (Å²) in [7, 11) is 0. The Morgan fingerprint density at radius 2 is 1.67 bits per heavy atom. The molecule has 12 heteroatoms. The number of nitrogens with two attached hydrogens (primary N) is 2. The van der Waals surface area contributed by atoms with Gasteiger partial charge in [-0.05, 0) is 61.9 Å². The number of aliphatic imine (C=N–C) groups is 1. The molecule has 1 fully saturated rings. The number of nitrogens with zero attached hydrogens (tertiary/aromatic N) is 2. The van der Waals surface area contributed by atoms with Crippen molar-refractivity contribution in [1.29, 1.82) is 0 Å². The van der Waals surface area contributed by atoms with Gasteiger partial charge in [0.25, 0.3) is 0 Å². The maximum atomic E-state index is 14.6. The number of rotatable bonds is 8. The molecular formula is C34H42F5N5O2. The van der Waals surface area contributed by atoms with Gasteiger partial charge in [0.15, 0.2) is 0 Å². The molecule has 1 saturated carbocycles. The molecule has 2 aromatic carbocycles. The topological polar surface area (TPSA) is 116 Å². The van der Waals surface area contributed by atoms with Gasteiger partial charge in [0.2, 0.25) is 5.91 Å². The summed E-state index contributed by atoms with van der Waals surface area (Å²) in [5.41, 5.74) is 15.7. The third-order valence-corrected chi connectivity index (χ3v) is 6.25. The molecule has 1 aliphatic heterocycles. The third kappa shape index (κ3) is 12.1. The molecule has 7 nitrogen and oxygen atoms in total. The van der Waals surface area contributed by atoms with E-state index in [0.717, 1.165) is 0 Å². The minimum absolute atomic E-state index is 0.133. The maximum Gasteiger partial charge on any atom is 0.386 e. The second-order valence-corrected chi connectivity index (χ2v) is 10.5. The van der Waals surface area contributed by atoms with Gasteiger partial charge in [-0.15, -0.1) is 0 Å². The average molecular weight is 648 g/mol. The second-order valence-electron chi connectivity index (χ2n) is 10.5. The lowest BCUT2D eigenvalue weighted by molar-refractivity contribution is -0.119. The fourth-order valence-corrected chi connectivity index (χ4v) is 4.11. The van der Waals surface area contributed by atoms with E-state index in [9.17, 15) is 26.7 Å². The lowest BCUT2D eigenvalue weighted by Gasteiger charge is -2.14. The number of carbonyl (C=O) groups is 1. The molecule has 3 aromatic rings. The van der Waals surface area contributed by atoms with E-state index in [4.69, 9.17) is 21.2 Å². The number of pyridine rings is 1. The molecule has 5 rings (SSSR count). The predicted octanol–water partition coefficient (Wildman–Crippen LogP) is 7.87. The SMILES string of the molecule is C1CC1.C=C(NCCc1cc2c(c(-c3ccc(F)cc3)n1)OCC2C(N)=O)c1cc(C)c(N=C(C)N)c(F)c1.CC.CC(F)(F)F. The zero-order chi connectivity index (χ0) is 34.6. The average Bonchev–Trinajstić information content (AvgIpc) is 3.80. The van der Waals surface area contributed by atoms with Crippen LogP contribution < -0.4 is 21.5 Å². The zero-order valence-electron chi connectivity index (χ0n) is 26.8. The Morgan fingerprint density at radius 3 is 2.17 bits per heavy atom. The Bertz CT molecular complexity index is 1480. The molecule has 250 valence electrons. The van der Waals surface area contributed by atoms with Gasteiger partial charge >= 0.3 is 6.18 Å². The summed E-state index contributed by atoms with van der Waals surface area (Å²) in [5, 5.41) is 3.20. The Balaban J connectivity index is 0.000000641. The maximum absolute atomic E-state index is 14.6. The van der Waals surface area contributed by atoms with E-state index in [2.05, 4.69) is 16.9 Å². The summed E-state index contributed by atoms with van der Waals surface area (Å²) >= 11 is 0. The number of primary amides is 1. The summed E-state index contributed by atoms with van der Waals surface area (Å²) in [5.74, 6) is -1.18. The Kier molecular flexibility index (Phi) is 14.2. The van der Waals surface area contributed by atoms with Crippen LogP contribution in [0, 0.1) is 18.6 Å². The van der Waals surface area contributed by atoms with Gasteiger partial charge in [0.1, 0.15) is 41.3 Å². The van der Waals surface area contributed by atoms with Crippen molar-refractivity contribution < 1.29 is 31.5 Å². The van der Waals surface area contributed by atoms with Crippen LogP contribution in [0.3, 0.4) is 0 Å². The van der Waals surface area contributed by atoms with Crippen LogP contribution in [-0.4, -0.2) is 36.1 Å². The number of benzene rings is 2. The van der Waals surface area contributed by atoms with E-state index < -0.39 is 23.8 Å². The number of hydrogen-bond donors (Lipinski definition) is 3. The summed E-state index contributed by atoms with van der Waals surface area (Å²) in [6.45, 7) is 12.1. The molecule has 1 aromatic heterocycles. The van der Waals surface area contributed by atoms with Gasteiger partial charge in [0, 0.05) is 48.0 Å². The normalized spacial score (nSPS) is 14.6. The molecule has 1 aliphatic carbocycles. The van der Waals surface area contributed by atoms with Gasteiger partial charge in [-0.3, -0.25) is 4.79 Å². The first-order valence-corrected chi connectivity index (χ1v) is 15.0. The summed E-state index contributed by atoms with van der Waals surface area (Å²) in [6, 6.07) is 10.9. The molecular weight excluding hydrogens is 605 g/mol. The van der Waals surface area contributed by atoms with E-state index >= 15 is 0 Å². The van der Waals surface area contributed by atoms with Crippen LogP contribution in [0.25, 0.3) is 17.0 Å². The van der Waals surface area contributed by atoms with Gasteiger partial charge in [-0.1, -0.05) is 39.7 Å². The number of amidine groups is 1. The molecule has 1 unspecified atom stereocenters. The monoisotopic (exact) mass is 647 g/mol. The highest BCUT2D eigenvalue weighted by Crippen LogP contribution is 2.41. The first-order valence-electron chi connectivity index (χ1n) is 15.0. The number of aromatic nitrogens is 1. The molecule has 2 heterocycles. The number of carbonyl (C=O) groups excluding carboxylic acids is 1. The first kappa shape index (κ1) is 37.7. The summed E-state index contributed by atoms with van der Waals surface area (Å²) in [6.07, 6.45) is 0.974. The van der Waals surface area contributed by atoms with Crippen molar-refractivity contribution in [1.82, 2.24) is 10.3 Å². The molecule has 0 saturated heterocycles. The van der Waals surface area contributed by atoms with Crippen LogP contribution in [0.4, 0.5) is 27.6 Å². The standard InChI is InChI=1S/C27H27F2N5O2.C3H6.C2H3F3.C2H6/c1-14-10-18(11-23(29)24(14)33-16(3)30)15(2)32-9-8-20-12-21-22(27(31)35)13-36-26(21)25(34-20)17-4-6-19(28)7-5-17;1-2-3-1;1-2(3,4)5;1-2/h4-7,10-12,22,32H,2,8-9,13H2,1,3H3,(H2,30,33)(H2,31,35);1-3H2;1H3;1-2H3. The van der Waals surface area contributed by atoms with Gasteiger partial charge in [0.05, 0.1) is 5.84 Å². The van der Waals surface area contributed by atoms with E-state index in [1.807, 2.05) is 13.8 Å². The molecule has 2 aliphatic rings. The highest BCUT2D eigenvalue weighted by Gasteiger charge is 2.32. The fraction of sp³-hybridized carbons (Fsp3) is 0.382. The highest BCUT2D eigenvalue weighted by atomic mass is 19.4. The summed E-state index contributed by atoms with van der Waals surface area (Å²) < 4.78 is 64.9. The van der Waals surface area contributed by atoms with Crippen molar-refractivity contribution in [3.05, 3.63) is 83.1 Å².